The summed E-state index contributed by atoms with van der Waals surface area (Å²) in [6, 6.07) is 14.8. The normalized spacial score (nSPS) is 19.8. The van der Waals surface area contributed by atoms with Gasteiger partial charge >= 0.3 is 0 Å². The fourth-order valence-electron chi connectivity index (χ4n) is 4.41. The number of nitrogens with zero attached hydrogens (tertiary/aromatic N) is 4. The summed E-state index contributed by atoms with van der Waals surface area (Å²) in [5, 5.41) is 3.45. The van der Waals surface area contributed by atoms with Crippen molar-refractivity contribution in [1.29, 1.82) is 0 Å². The lowest BCUT2D eigenvalue weighted by Gasteiger charge is -2.33. The molecule has 0 bridgehead atoms. The summed E-state index contributed by atoms with van der Waals surface area (Å²) in [4.78, 5) is 16.7. The third-order valence-electron chi connectivity index (χ3n) is 5.73. The van der Waals surface area contributed by atoms with Crippen molar-refractivity contribution in [3.63, 3.8) is 0 Å². The highest BCUT2D eigenvalue weighted by molar-refractivity contribution is 5.65. The van der Waals surface area contributed by atoms with Gasteiger partial charge in [-0.25, -0.2) is 18.7 Å². The molecule has 0 radical (unpaired) electrons. The second-order valence-corrected chi connectivity index (χ2v) is 7.74. The van der Waals surface area contributed by atoms with Crippen LogP contribution in [0.3, 0.4) is 0 Å². The van der Waals surface area contributed by atoms with Crippen molar-refractivity contribution in [2.75, 3.05) is 0 Å². The molecule has 0 amide bonds. The van der Waals surface area contributed by atoms with Gasteiger partial charge in [0.1, 0.15) is 18.2 Å². The summed E-state index contributed by atoms with van der Waals surface area (Å²) >= 11 is 0. The number of benzene rings is 1. The van der Waals surface area contributed by atoms with E-state index in [1.54, 1.807) is 25.5 Å². The van der Waals surface area contributed by atoms with Crippen molar-refractivity contribution in [3.8, 4) is 11.1 Å². The molecule has 8 heteroatoms. The molecule has 0 aliphatic carbocycles. The highest BCUT2D eigenvalue weighted by atomic mass is 19.3. The highest BCUT2D eigenvalue weighted by Gasteiger charge is 2.46. The molecular formula is C24H20F2N6. The maximum atomic E-state index is 13.7. The van der Waals surface area contributed by atoms with Crippen LogP contribution in [-0.4, -0.2) is 19.9 Å². The molecule has 1 aromatic carbocycles. The molecule has 32 heavy (non-hydrogen) atoms. The van der Waals surface area contributed by atoms with Crippen LogP contribution in [0.2, 0.25) is 0 Å². The smallest absolute Gasteiger partial charge is 0.280 e. The topological polar surface area (TPSA) is 89.6 Å². The molecule has 1 aliphatic heterocycles. The molecular weight excluding hydrogens is 410 g/mol. The quantitative estimate of drug-likeness (QED) is 0.508. The van der Waals surface area contributed by atoms with E-state index >= 15 is 0 Å². The van der Waals surface area contributed by atoms with Gasteiger partial charge in [-0.05, 0) is 47.9 Å². The van der Waals surface area contributed by atoms with E-state index in [0.29, 0.717) is 17.0 Å². The van der Waals surface area contributed by atoms with E-state index < -0.39 is 18.1 Å². The molecule has 0 saturated carbocycles. The number of rotatable bonds is 4. The molecule has 2 atom stereocenters. The van der Waals surface area contributed by atoms with Crippen molar-refractivity contribution in [2.45, 2.75) is 25.1 Å². The molecule has 1 aliphatic rings. The molecule has 160 valence electrons. The predicted molar refractivity (Wildman–Crippen MR) is 116 cm³/mol. The summed E-state index contributed by atoms with van der Waals surface area (Å²) in [6.07, 6.45) is 3.35. The van der Waals surface area contributed by atoms with Crippen LogP contribution in [0.15, 0.2) is 73.4 Å². The van der Waals surface area contributed by atoms with Gasteiger partial charge in [-0.3, -0.25) is 15.3 Å². The van der Waals surface area contributed by atoms with Gasteiger partial charge in [-0.1, -0.05) is 24.3 Å². The minimum absolute atomic E-state index is 0.278. The standard InChI is InChI=1S/C24H20F2N6/c1-14-8-18(10-20(31-14)22(25)26)24(19-6-3-7-30-21(19)23(27)32-24)17-5-2-4-15(9-17)16-11-28-13-29-12-16/h2-13,22-23,32H,27H2,1H3. The summed E-state index contributed by atoms with van der Waals surface area (Å²) in [5.41, 5.74) is 10.4. The van der Waals surface area contributed by atoms with Gasteiger partial charge in [0.05, 0.1) is 11.2 Å². The molecule has 2 unspecified atom stereocenters. The van der Waals surface area contributed by atoms with Gasteiger partial charge in [0.2, 0.25) is 0 Å². The first-order valence-corrected chi connectivity index (χ1v) is 10.1. The van der Waals surface area contributed by atoms with Gasteiger partial charge < -0.3 is 5.73 Å². The summed E-state index contributed by atoms with van der Waals surface area (Å²) in [7, 11) is 0. The third kappa shape index (κ3) is 3.24. The fourth-order valence-corrected chi connectivity index (χ4v) is 4.41. The monoisotopic (exact) mass is 430 g/mol. The Balaban J connectivity index is 1.79. The van der Waals surface area contributed by atoms with Crippen molar-refractivity contribution in [1.82, 2.24) is 25.3 Å². The van der Waals surface area contributed by atoms with E-state index in [2.05, 4.69) is 25.3 Å². The van der Waals surface area contributed by atoms with Crippen LogP contribution in [0.25, 0.3) is 11.1 Å². The Morgan fingerprint density at radius 3 is 2.59 bits per heavy atom. The molecule has 6 nitrogen and oxygen atoms in total. The third-order valence-corrected chi connectivity index (χ3v) is 5.73. The lowest BCUT2D eigenvalue weighted by molar-refractivity contribution is 0.145. The number of halogens is 2. The molecule has 3 N–H and O–H groups in total. The van der Waals surface area contributed by atoms with E-state index in [-0.39, 0.29) is 5.69 Å². The number of fused-ring (bicyclic) bond motifs is 1. The Labute approximate surface area is 183 Å². The Morgan fingerprint density at radius 2 is 1.81 bits per heavy atom. The number of nitrogens with one attached hydrogen (secondary N) is 1. The zero-order chi connectivity index (χ0) is 22.3. The fraction of sp³-hybridized carbons (Fsp3) is 0.167. The average Bonchev–Trinajstić information content (AvgIpc) is 3.13. The maximum absolute atomic E-state index is 13.7. The number of aryl methyl sites for hydroxylation is 1. The van der Waals surface area contributed by atoms with Crippen molar-refractivity contribution >= 4 is 0 Å². The molecule has 4 aromatic rings. The Kier molecular flexibility index (Phi) is 4.96. The Hall–Kier alpha value is -3.62. The second kappa shape index (κ2) is 7.81. The molecule has 0 fully saturated rings. The van der Waals surface area contributed by atoms with Gasteiger partial charge in [-0.2, -0.15) is 0 Å². The Morgan fingerprint density at radius 1 is 1.00 bits per heavy atom. The van der Waals surface area contributed by atoms with E-state index in [4.69, 9.17) is 5.73 Å². The van der Waals surface area contributed by atoms with Gasteiger partial charge in [0, 0.05) is 35.4 Å². The molecule has 4 heterocycles. The molecule has 0 spiro atoms. The first-order chi connectivity index (χ1) is 15.5. The van der Waals surface area contributed by atoms with Gasteiger partial charge in [-0.15, -0.1) is 0 Å². The van der Waals surface area contributed by atoms with Gasteiger partial charge in [0.25, 0.3) is 6.43 Å². The zero-order valence-corrected chi connectivity index (χ0v) is 17.2. The van der Waals surface area contributed by atoms with E-state index in [9.17, 15) is 8.78 Å². The Bertz CT molecular complexity index is 1280. The van der Waals surface area contributed by atoms with Crippen LogP contribution < -0.4 is 11.1 Å². The van der Waals surface area contributed by atoms with Crippen molar-refractivity contribution in [2.24, 2.45) is 5.73 Å². The highest BCUT2D eigenvalue weighted by Crippen LogP contribution is 2.45. The van der Waals surface area contributed by atoms with E-state index in [0.717, 1.165) is 22.3 Å². The number of hydrogen-bond donors (Lipinski definition) is 2. The first-order valence-electron chi connectivity index (χ1n) is 10.1. The minimum Gasteiger partial charge on any atom is -0.311 e. The number of alkyl halides is 2. The van der Waals surface area contributed by atoms with Crippen LogP contribution in [0.4, 0.5) is 8.78 Å². The van der Waals surface area contributed by atoms with Crippen LogP contribution in [0.1, 0.15) is 46.4 Å². The van der Waals surface area contributed by atoms with E-state index in [1.165, 1.54) is 12.4 Å². The van der Waals surface area contributed by atoms with Crippen molar-refractivity contribution < 1.29 is 8.78 Å². The van der Waals surface area contributed by atoms with Crippen LogP contribution >= 0.6 is 0 Å². The first kappa shape index (κ1) is 20.3. The van der Waals surface area contributed by atoms with E-state index in [1.807, 2.05) is 42.5 Å². The van der Waals surface area contributed by atoms with Crippen LogP contribution in [0, 0.1) is 6.92 Å². The number of aromatic nitrogens is 4. The van der Waals surface area contributed by atoms with Crippen LogP contribution in [0.5, 0.6) is 0 Å². The lowest BCUT2D eigenvalue weighted by atomic mass is 9.77. The lowest BCUT2D eigenvalue weighted by Crippen LogP contribution is -2.42. The molecule has 5 rings (SSSR count). The average molecular weight is 430 g/mol. The zero-order valence-electron chi connectivity index (χ0n) is 17.2. The van der Waals surface area contributed by atoms with Crippen LogP contribution in [-0.2, 0) is 5.54 Å². The van der Waals surface area contributed by atoms with Gasteiger partial charge in [0.15, 0.2) is 0 Å². The summed E-state index contributed by atoms with van der Waals surface area (Å²) < 4.78 is 27.3. The largest absolute Gasteiger partial charge is 0.311 e. The number of hydrogen-bond acceptors (Lipinski definition) is 6. The summed E-state index contributed by atoms with van der Waals surface area (Å²) in [5.74, 6) is 0. The second-order valence-electron chi connectivity index (χ2n) is 7.74. The number of nitrogens with two attached hydrogens (primary N) is 1. The number of pyridine rings is 2. The molecule has 0 saturated heterocycles. The predicted octanol–water partition coefficient (Wildman–Crippen LogP) is 4.03. The summed E-state index contributed by atoms with van der Waals surface area (Å²) in [6.45, 7) is 1.71. The minimum atomic E-state index is -2.69. The van der Waals surface area contributed by atoms with Crippen molar-refractivity contribution in [3.05, 3.63) is 107 Å². The SMILES string of the molecule is Cc1cc(C2(c3cccc(-c4cncnc4)c3)NC(N)c3ncccc32)cc(C(F)F)n1. The maximum Gasteiger partial charge on any atom is 0.280 e. The molecule has 3 aromatic heterocycles.